The number of thiophene rings is 1. The van der Waals surface area contributed by atoms with Gasteiger partial charge in [-0.1, -0.05) is 6.07 Å². The van der Waals surface area contributed by atoms with Crippen molar-refractivity contribution in [1.82, 2.24) is 20.1 Å². The van der Waals surface area contributed by atoms with Crippen molar-refractivity contribution in [2.24, 2.45) is 0 Å². The largest absolute Gasteiger partial charge is 0.337 e. The highest BCUT2D eigenvalue weighted by Crippen LogP contribution is 2.10. The number of carbonyl (C=O) groups excluding carboxylic acids is 2. The molecule has 1 fully saturated rings. The van der Waals surface area contributed by atoms with Gasteiger partial charge in [0.05, 0.1) is 12.1 Å². The molecule has 1 aliphatic rings. The second-order valence-electron chi connectivity index (χ2n) is 5.61. The van der Waals surface area contributed by atoms with Crippen molar-refractivity contribution in [3.05, 3.63) is 52.5 Å². The molecule has 0 aromatic carbocycles. The molecule has 3 amide bonds. The van der Waals surface area contributed by atoms with Crippen molar-refractivity contribution < 1.29 is 9.59 Å². The van der Waals surface area contributed by atoms with Gasteiger partial charge in [-0.3, -0.25) is 9.78 Å². The molecule has 0 atom stereocenters. The maximum absolute atomic E-state index is 12.5. The Bertz CT molecular complexity index is 675. The normalized spacial score (nSPS) is 15.0. The molecule has 24 heavy (non-hydrogen) atoms. The molecule has 126 valence electrons. The average Bonchev–Trinajstić information content (AvgIpc) is 3.02. The number of carbonyl (C=O) groups is 2. The SMILES string of the molecule is O=C(NCc1cccs1)N1CCCN(C(=O)c2cccnc2)CC1. The van der Waals surface area contributed by atoms with Crippen LogP contribution in [0.1, 0.15) is 21.7 Å². The lowest BCUT2D eigenvalue weighted by atomic mass is 10.2. The van der Waals surface area contributed by atoms with E-state index in [-0.39, 0.29) is 11.9 Å². The molecule has 0 unspecified atom stereocenters. The van der Waals surface area contributed by atoms with E-state index < -0.39 is 0 Å². The van der Waals surface area contributed by atoms with E-state index in [0.717, 1.165) is 11.3 Å². The van der Waals surface area contributed by atoms with Crippen molar-refractivity contribution in [3.8, 4) is 0 Å². The highest BCUT2D eigenvalue weighted by molar-refractivity contribution is 7.09. The molecular formula is C17H20N4O2S. The van der Waals surface area contributed by atoms with Crippen LogP contribution in [0.2, 0.25) is 0 Å². The Morgan fingerprint density at radius 1 is 1.12 bits per heavy atom. The summed E-state index contributed by atoms with van der Waals surface area (Å²) in [5.41, 5.74) is 0.591. The van der Waals surface area contributed by atoms with Crippen LogP contribution in [-0.4, -0.2) is 52.9 Å². The maximum atomic E-state index is 12.5. The number of nitrogens with zero attached hydrogens (tertiary/aromatic N) is 3. The predicted octanol–water partition coefficient (Wildman–Crippen LogP) is 2.20. The molecule has 3 rings (SSSR count). The summed E-state index contributed by atoms with van der Waals surface area (Å²) < 4.78 is 0. The molecule has 1 saturated heterocycles. The molecule has 2 aromatic rings. The molecule has 1 aliphatic heterocycles. The molecule has 1 N–H and O–H groups in total. The van der Waals surface area contributed by atoms with E-state index in [2.05, 4.69) is 10.3 Å². The fraction of sp³-hybridized carbons (Fsp3) is 0.353. The Morgan fingerprint density at radius 3 is 2.71 bits per heavy atom. The third kappa shape index (κ3) is 4.11. The first-order valence-corrected chi connectivity index (χ1v) is 8.86. The summed E-state index contributed by atoms with van der Waals surface area (Å²) >= 11 is 1.63. The molecule has 3 heterocycles. The first-order chi connectivity index (χ1) is 11.7. The fourth-order valence-corrected chi connectivity index (χ4v) is 3.33. The van der Waals surface area contributed by atoms with E-state index in [1.165, 1.54) is 0 Å². The number of rotatable bonds is 3. The first-order valence-electron chi connectivity index (χ1n) is 7.98. The number of amides is 3. The average molecular weight is 344 g/mol. The van der Waals surface area contributed by atoms with E-state index >= 15 is 0 Å². The lowest BCUT2D eigenvalue weighted by Gasteiger charge is -2.22. The van der Waals surface area contributed by atoms with Crippen LogP contribution in [0.3, 0.4) is 0 Å². The standard InChI is InChI=1S/C17H20N4O2S/c22-16(14-4-1-6-18-12-14)20-7-3-8-21(10-9-20)17(23)19-13-15-5-2-11-24-15/h1-2,4-6,11-12H,3,7-10,13H2,(H,19,23). The van der Waals surface area contributed by atoms with E-state index in [1.54, 1.807) is 45.7 Å². The number of aromatic nitrogens is 1. The van der Waals surface area contributed by atoms with Gasteiger partial charge in [-0.2, -0.15) is 0 Å². The van der Waals surface area contributed by atoms with Gasteiger partial charge in [-0.05, 0) is 30.0 Å². The summed E-state index contributed by atoms with van der Waals surface area (Å²) in [7, 11) is 0. The fourth-order valence-electron chi connectivity index (χ4n) is 2.68. The zero-order chi connectivity index (χ0) is 16.8. The zero-order valence-electron chi connectivity index (χ0n) is 13.4. The number of hydrogen-bond donors (Lipinski definition) is 1. The van der Waals surface area contributed by atoms with Gasteiger partial charge in [-0.25, -0.2) is 4.79 Å². The van der Waals surface area contributed by atoms with Crippen molar-refractivity contribution in [2.75, 3.05) is 26.2 Å². The summed E-state index contributed by atoms with van der Waals surface area (Å²) in [5, 5.41) is 4.94. The predicted molar refractivity (Wildman–Crippen MR) is 92.9 cm³/mol. The van der Waals surface area contributed by atoms with Gasteiger partial charge in [0, 0.05) is 43.4 Å². The van der Waals surface area contributed by atoms with E-state index in [1.807, 2.05) is 17.5 Å². The molecule has 6 nitrogen and oxygen atoms in total. The highest BCUT2D eigenvalue weighted by atomic mass is 32.1. The Labute approximate surface area is 145 Å². The summed E-state index contributed by atoms with van der Waals surface area (Å²) in [5.74, 6) is -0.0241. The smallest absolute Gasteiger partial charge is 0.317 e. The van der Waals surface area contributed by atoms with Gasteiger partial charge in [-0.15, -0.1) is 11.3 Å². The van der Waals surface area contributed by atoms with Crippen LogP contribution in [0.4, 0.5) is 4.79 Å². The summed E-state index contributed by atoms with van der Waals surface area (Å²) in [6, 6.07) is 7.43. The summed E-state index contributed by atoms with van der Waals surface area (Å²) in [6.07, 6.45) is 4.01. The van der Waals surface area contributed by atoms with Gasteiger partial charge in [0.15, 0.2) is 0 Å². The Kier molecular flexibility index (Phi) is 5.43. The molecule has 0 radical (unpaired) electrons. The van der Waals surface area contributed by atoms with Crippen molar-refractivity contribution in [2.45, 2.75) is 13.0 Å². The quantitative estimate of drug-likeness (QED) is 0.928. The van der Waals surface area contributed by atoms with Gasteiger partial charge >= 0.3 is 6.03 Å². The molecule has 7 heteroatoms. The van der Waals surface area contributed by atoms with Gasteiger partial charge in [0.25, 0.3) is 5.91 Å². The van der Waals surface area contributed by atoms with Crippen molar-refractivity contribution in [1.29, 1.82) is 0 Å². The second kappa shape index (κ2) is 7.92. The van der Waals surface area contributed by atoms with Crippen LogP contribution in [0.25, 0.3) is 0 Å². The van der Waals surface area contributed by atoms with E-state index in [0.29, 0.717) is 38.3 Å². The minimum atomic E-state index is -0.0703. The number of hydrogen-bond acceptors (Lipinski definition) is 4. The van der Waals surface area contributed by atoms with Gasteiger partial charge < -0.3 is 15.1 Å². The van der Waals surface area contributed by atoms with E-state index in [9.17, 15) is 9.59 Å². The Hall–Kier alpha value is -2.41. The number of pyridine rings is 1. The number of nitrogens with one attached hydrogen (secondary N) is 1. The van der Waals surface area contributed by atoms with Crippen LogP contribution in [-0.2, 0) is 6.54 Å². The Morgan fingerprint density at radius 2 is 1.96 bits per heavy atom. The van der Waals surface area contributed by atoms with Crippen LogP contribution in [0, 0.1) is 0 Å². The van der Waals surface area contributed by atoms with Crippen LogP contribution < -0.4 is 5.32 Å². The Balaban J connectivity index is 1.53. The van der Waals surface area contributed by atoms with Crippen LogP contribution >= 0.6 is 11.3 Å². The summed E-state index contributed by atoms with van der Waals surface area (Å²) in [6.45, 7) is 2.95. The minimum Gasteiger partial charge on any atom is -0.337 e. The molecular weight excluding hydrogens is 324 g/mol. The molecule has 0 saturated carbocycles. The first kappa shape index (κ1) is 16.4. The zero-order valence-corrected chi connectivity index (χ0v) is 14.2. The topological polar surface area (TPSA) is 65.5 Å². The van der Waals surface area contributed by atoms with Gasteiger partial charge in [0.1, 0.15) is 0 Å². The van der Waals surface area contributed by atoms with E-state index in [4.69, 9.17) is 0 Å². The third-order valence-electron chi connectivity index (χ3n) is 3.97. The molecule has 2 aromatic heterocycles. The lowest BCUT2D eigenvalue weighted by molar-refractivity contribution is 0.0762. The van der Waals surface area contributed by atoms with Crippen LogP contribution in [0.15, 0.2) is 42.0 Å². The van der Waals surface area contributed by atoms with Crippen molar-refractivity contribution >= 4 is 23.3 Å². The minimum absolute atomic E-state index is 0.0241. The molecule has 0 spiro atoms. The van der Waals surface area contributed by atoms with Crippen LogP contribution in [0.5, 0.6) is 0 Å². The van der Waals surface area contributed by atoms with Gasteiger partial charge in [0.2, 0.25) is 0 Å². The highest BCUT2D eigenvalue weighted by Gasteiger charge is 2.22. The third-order valence-corrected chi connectivity index (χ3v) is 4.85. The molecule has 0 aliphatic carbocycles. The van der Waals surface area contributed by atoms with Crippen molar-refractivity contribution in [3.63, 3.8) is 0 Å². The lowest BCUT2D eigenvalue weighted by Crippen LogP contribution is -2.42. The second-order valence-corrected chi connectivity index (χ2v) is 6.64. The summed E-state index contributed by atoms with van der Waals surface area (Å²) in [4.78, 5) is 33.5. The molecule has 0 bridgehead atoms. The monoisotopic (exact) mass is 344 g/mol. The number of urea groups is 1. The maximum Gasteiger partial charge on any atom is 0.317 e.